The first-order chi connectivity index (χ1) is 5.77. The molecule has 0 saturated carbocycles. The fourth-order valence-electron chi connectivity index (χ4n) is 0.870. The molecule has 1 rings (SSSR count). The molecule has 1 radical (unpaired) electrons. The van der Waals surface area contributed by atoms with Crippen LogP contribution in [-0.4, -0.2) is 22.3 Å². The van der Waals surface area contributed by atoms with Gasteiger partial charge in [0.2, 0.25) is 0 Å². The van der Waals surface area contributed by atoms with Gasteiger partial charge in [0.1, 0.15) is 0 Å². The summed E-state index contributed by atoms with van der Waals surface area (Å²) in [6.07, 6.45) is 0.771. The Bertz CT molecular complexity index is 330. The molecule has 12 heavy (non-hydrogen) atoms. The maximum atomic E-state index is 10.4. The van der Waals surface area contributed by atoms with Crippen LogP contribution in [0.5, 0.6) is 0 Å². The summed E-state index contributed by atoms with van der Waals surface area (Å²) in [4.78, 5) is 10.1. The molecule has 0 aliphatic heterocycles. The molecule has 0 bridgehead atoms. The van der Waals surface area contributed by atoms with Crippen LogP contribution in [0.1, 0.15) is 20.7 Å². The molecule has 2 nitrogen and oxygen atoms in total. The van der Waals surface area contributed by atoms with E-state index < -0.39 is 0 Å². The van der Waals surface area contributed by atoms with Gasteiger partial charge < -0.3 is 0 Å². The molecule has 0 aromatic heterocycles. The van der Waals surface area contributed by atoms with Crippen LogP contribution in [0.2, 0.25) is 0 Å². The van der Waals surface area contributed by atoms with Crippen molar-refractivity contribution in [1.29, 1.82) is 5.26 Å². The van der Waals surface area contributed by atoms with E-state index in [2.05, 4.69) is 22.1 Å². The molecule has 0 saturated heterocycles. The van der Waals surface area contributed by atoms with Gasteiger partial charge in [-0.25, -0.2) is 0 Å². The SMILES string of the molecule is N#CC([Se])c1cccc(C=O)c1. The molecule has 59 valence electrons. The first-order valence-corrected chi connectivity index (χ1v) is 4.37. The number of hydrogen-bond donors (Lipinski definition) is 0. The first kappa shape index (κ1) is 8.99. The summed E-state index contributed by atoms with van der Waals surface area (Å²) in [6.45, 7) is 0. The third-order valence-electron chi connectivity index (χ3n) is 1.47. The topological polar surface area (TPSA) is 40.9 Å². The van der Waals surface area contributed by atoms with Crippen LogP contribution in [0.15, 0.2) is 24.3 Å². The Morgan fingerprint density at radius 1 is 1.58 bits per heavy atom. The van der Waals surface area contributed by atoms with Gasteiger partial charge in [0, 0.05) is 0 Å². The number of hydrogen-bond acceptors (Lipinski definition) is 2. The number of nitrogens with zero attached hydrogens (tertiary/aromatic N) is 1. The predicted octanol–water partition coefficient (Wildman–Crippen LogP) is 1.23. The second-order valence-corrected chi connectivity index (χ2v) is 3.29. The summed E-state index contributed by atoms with van der Waals surface area (Å²) in [5, 5.41) is 8.58. The van der Waals surface area contributed by atoms with Crippen molar-refractivity contribution in [2.75, 3.05) is 0 Å². The molecule has 0 N–H and O–H groups in total. The van der Waals surface area contributed by atoms with Gasteiger partial charge in [-0.05, 0) is 0 Å². The molecule has 1 unspecified atom stereocenters. The fourth-order valence-corrected chi connectivity index (χ4v) is 1.18. The van der Waals surface area contributed by atoms with Crippen molar-refractivity contribution in [2.45, 2.75) is 4.82 Å². The van der Waals surface area contributed by atoms with Crippen molar-refractivity contribution < 1.29 is 4.79 Å². The molecular formula is C9H6NOSe. The summed E-state index contributed by atoms with van der Waals surface area (Å²) in [5.74, 6) is 0. The Morgan fingerprint density at radius 2 is 2.33 bits per heavy atom. The summed E-state index contributed by atoms with van der Waals surface area (Å²) in [5.41, 5.74) is 1.44. The van der Waals surface area contributed by atoms with Gasteiger partial charge in [0.15, 0.2) is 0 Å². The zero-order valence-electron chi connectivity index (χ0n) is 6.23. The number of carbonyl (C=O) groups is 1. The molecule has 0 heterocycles. The van der Waals surface area contributed by atoms with Crippen molar-refractivity contribution in [3.8, 4) is 6.07 Å². The summed E-state index contributed by atoms with van der Waals surface area (Å²) >= 11 is 2.72. The molecule has 3 heteroatoms. The summed E-state index contributed by atoms with van der Waals surface area (Å²) < 4.78 is 0. The molecule has 0 aliphatic rings. The van der Waals surface area contributed by atoms with E-state index in [1.807, 2.05) is 6.07 Å². The Balaban J connectivity index is 3.03. The molecule has 0 amide bonds. The van der Waals surface area contributed by atoms with E-state index in [1.54, 1.807) is 18.2 Å². The van der Waals surface area contributed by atoms with Crippen molar-refractivity contribution in [3.63, 3.8) is 0 Å². The van der Waals surface area contributed by atoms with E-state index in [9.17, 15) is 4.79 Å². The fraction of sp³-hybridized carbons (Fsp3) is 0.111. The first-order valence-electron chi connectivity index (χ1n) is 3.38. The second-order valence-electron chi connectivity index (χ2n) is 2.30. The van der Waals surface area contributed by atoms with Crippen molar-refractivity contribution in [3.05, 3.63) is 35.4 Å². The standard InChI is InChI=1S/C9H6NOSe/c10-5-9(12)8-3-1-2-7(4-8)6-11/h1-4,6,9H. The van der Waals surface area contributed by atoms with Crippen LogP contribution in [0.25, 0.3) is 0 Å². The Kier molecular flexibility index (Phi) is 3.04. The van der Waals surface area contributed by atoms with Crippen LogP contribution < -0.4 is 0 Å². The van der Waals surface area contributed by atoms with Crippen LogP contribution in [0.3, 0.4) is 0 Å². The number of nitriles is 1. The van der Waals surface area contributed by atoms with Crippen molar-refractivity contribution in [1.82, 2.24) is 0 Å². The summed E-state index contributed by atoms with van der Waals surface area (Å²) in [7, 11) is 0. The van der Waals surface area contributed by atoms with Crippen LogP contribution >= 0.6 is 0 Å². The minimum atomic E-state index is -0.273. The van der Waals surface area contributed by atoms with Crippen molar-refractivity contribution >= 4 is 22.3 Å². The zero-order valence-corrected chi connectivity index (χ0v) is 7.94. The summed E-state index contributed by atoms with van der Waals surface area (Å²) in [6, 6.07) is 9.06. The van der Waals surface area contributed by atoms with Gasteiger partial charge in [0.05, 0.1) is 0 Å². The molecule has 1 aromatic carbocycles. The van der Waals surface area contributed by atoms with Gasteiger partial charge >= 0.3 is 78.6 Å². The van der Waals surface area contributed by atoms with Gasteiger partial charge in [0.25, 0.3) is 0 Å². The average molecular weight is 223 g/mol. The van der Waals surface area contributed by atoms with Crippen LogP contribution in [0.4, 0.5) is 0 Å². The monoisotopic (exact) mass is 224 g/mol. The second kappa shape index (κ2) is 4.06. The predicted molar refractivity (Wildman–Crippen MR) is 45.9 cm³/mol. The molecule has 1 aromatic rings. The van der Waals surface area contributed by atoms with E-state index >= 15 is 0 Å². The molecular weight excluding hydrogens is 217 g/mol. The van der Waals surface area contributed by atoms with Gasteiger partial charge in [-0.3, -0.25) is 0 Å². The Morgan fingerprint density at radius 3 is 2.92 bits per heavy atom. The molecule has 0 fully saturated rings. The molecule has 0 aliphatic carbocycles. The van der Waals surface area contributed by atoms with Gasteiger partial charge in [-0.2, -0.15) is 0 Å². The van der Waals surface area contributed by atoms with E-state index in [0.717, 1.165) is 11.8 Å². The van der Waals surface area contributed by atoms with Crippen molar-refractivity contribution in [2.24, 2.45) is 0 Å². The van der Waals surface area contributed by atoms with E-state index in [-0.39, 0.29) is 4.82 Å². The van der Waals surface area contributed by atoms with Gasteiger partial charge in [-0.15, -0.1) is 0 Å². The van der Waals surface area contributed by atoms with E-state index in [1.165, 1.54) is 0 Å². The number of carbonyl (C=O) groups excluding carboxylic acids is 1. The maximum absolute atomic E-state index is 10.4. The zero-order chi connectivity index (χ0) is 8.97. The third-order valence-corrected chi connectivity index (χ3v) is 2.26. The van der Waals surface area contributed by atoms with Crippen LogP contribution in [0, 0.1) is 11.3 Å². The quantitative estimate of drug-likeness (QED) is 0.559. The Labute approximate surface area is 79.0 Å². The van der Waals surface area contributed by atoms with Gasteiger partial charge in [-0.1, -0.05) is 0 Å². The minimum absolute atomic E-state index is 0.273. The van der Waals surface area contributed by atoms with Crippen LogP contribution in [-0.2, 0) is 0 Å². The van der Waals surface area contributed by atoms with E-state index in [4.69, 9.17) is 5.26 Å². The Hall–Kier alpha value is -1.10. The number of aldehydes is 1. The normalized spacial score (nSPS) is 11.7. The van der Waals surface area contributed by atoms with E-state index in [0.29, 0.717) is 5.56 Å². The third kappa shape index (κ3) is 1.94. The number of benzene rings is 1. The molecule has 0 spiro atoms. The molecule has 1 atom stereocenters. The number of rotatable bonds is 2. The average Bonchev–Trinajstić information content (AvgIpc) is 2.17.